The third-order valence-corrected chi connectivity index (χ3v) is 11.2. The van der Waals surface area contributed by atoms with Crippen molar-refractivity contribution in [2.75, 3.05) is 27.4 Å². The fourth-order valence-corrected chi connectivity index (χ4v) is 9.52. The van der Waals surface area contributed by atoms with Crippen LogP contribution < -0.4 is 0 Å². The Hall–Kier alpha value is -0.450. The molecule has 0 aliphatic heterocycles. The molecular formula is C27H44O4. The fourth-order valence-electron chi connectivity index (χ4n) is 9.52. The minimum absolute atomic E-state index is 0.203. The third kappa shape index (κ3) is 3.37. The number of aliphatic hydroxyl groups is 1. The molecule has 8 atom stereocenters. The molecule has 5 aliphatic carbocycles. The fraction of sp³-hybridized carbons (Fsp3) is 0.963. The first-order valence-corrected chi connectivity index (χ1v) is 13.1. The summed E-state index contributed by atoms with van der Waals surface area (Å²) >= 11 is 0. The van der Waals surface area contributed by atoms with Crippen molar-refractivity contribution in [2.45, 2.75) is 89.6 Å². The van der Waals surface area contributed by atoms with Gasteiger partial charge in [0.2, 0.25) is 0 Å². The number of hydrogen-bond donors (Lipinski definition) is 1. The van der Waals surface area contributed by atoms with Crippen LogP contribution in [0.2, 0.25) is 0 Å². The summed E-state index contributed by atoms with van der Waals surface area (Å²) in [4.78, 5) is 13.3. The lowest BCUT2D eigenvalue weighted by Gasteiger charge is -2.62. The van der Waals surface area contributed by atoms with Gasteiger partial charge in [-0.1, -0.05) is 13.3 Å². The number of Topliss-reactive ketones (excluding diaryl/α,β-unsaturated/α-hetero) is 1. The molecule has 4 nitrogen and oxygen atoms in total. The number of carbonyl (C=O) groups is 1. The van der Waals surface area contributed by atoms with Crippen molar-refractivity contribution >= 4 is 5.78 Å². The average Bonchev–Trinajstić information content (AvgIpc) is 3.04. The maximum Gasteiger partial charge on any atom is 0.139 e. The van der Waals surface area contributed by atoms with E-state index in [1.54, 1.807) is 7.11 Å². The molecule has 5 rings (SSSR count). The van der Waals surface area contributed by atoms with Gasteiger partial charge in [0.1, 0.15) is 5.78 Å². The van der Waals surface area contributed by atoms with Gasteiger partial charge in [-0.05, 0) is 105 Å². The second-order valence-electron chi connectivity index (χ2n) is 12.4. The van der Waals surface area contributed by atoms with E-state index in [9.17, 15) is 9.90 Å². The van der Waals surface area contributed by atoms with Gasteiger partial charge in [-0.2, -0.15) is 0 Å². The van der Waals surface area contributed by atoms with Gasteiger partial charge in [-0.3, -0.25) is 4.79 Å². The highest BCUT2D eigenvalue weighted by molar-refractivity contribution is 5.85. The van der Waals surface area contributed by atoms with Gasteiger partial charge in [-0.15, -0.1) is 0 Å². The summed E-state index contributed by atoms with van der Waals surface area (Å²) in [6, 6.07) is 0. The Labute approximate surface area is 188 Å². The zero-order valence-corrected chi connectivity index (χ0v) is 20.0. The number of hydrogen-bond acceptors (Lipinski definition) is 4. The largest absolute Gasteiger partial charge is 0.387 e. The van der Waals surface area contributed by atoms with Crippen molar-refractivity contribution in [1.82, 2.24) is 0 Å². The highest BCUT2D eigenvalue weighted by atomic mass is 16.5. The quantitative estimate of drug-likeness (QED) is 0.640. The van der Waals surface area contributed by atoms with Crippen molar-refractivity contribution in [2.24, 2.45) is 46.3 Å². The van der Waals surface area contributed by atoms with Crippen LogP contribution in [0.1, 0.15) is 84.0 Å². The summed E-state index contributed by atoms with van der Waals surface area (Å²) < 4.78 is 11.3. The molecule has 31 heavy (non-hydrogen) atoms. The molecule has 0 aromatic rings. The summed E-state index contributed by atoms with van der Waals surface area (Å²) in [5, 5.41) is 11.2. The first-order chi connectivity index (χ1) is 14.9. The molecule has 5 fully saturated rings. The van der Waals surface area contributed by atoms with E-state index in [0.717, 1.165) is 51.0 Å². The lowest BCUT2D eigenvalue weighted by molar-refractivity contribution is -0.187. The van der Waals surface area contributed by atoms with Crippen molar-refractivity contribution in [3.63, 3.8) is 0 Å². The van der Waals surface area contributed by atoms with E-state index < -0.39 is 5.60 Å². The topological polar surface area (TPSA) is 55.8 Å². The van der Waals surface area contributed by atoms with Crippen molar-refractivity contribution < 1.29 is 19.4 Å². The van der Waals surface area contributed by atoms with E-state index in [1.165, 1.54) is 38.5 Å². The summed E-state index contributed by atoms with van der Waals surface area (Å²) in [5.74, 6) is 3.98. The van der Waals surface area contributed by atoms with Crippen LogP contribution >= 0.6 is 0 Å². The van der Waals surface area contributed by atoms with Gasteiger partial charge in [0.05, 0.1) is 18.8 Å². The molecule has 0 bridgehead atoms. The summed E-state index contributed by atoms with van der Waals surface area (Å²) in [6.07, 6.45) is 13.6. The number of fused-ring (bicyclic) bond motifs is 5. The molecule has 0 heterocycles. The predicted octanol–water partition coefficient (Wildman–Crippen LogP) is 5.02. The summed E-state index contributed by atoms with van der Waals surface area (Å²) in [6.45, 7) is 3.76. The summed E-state index contributed by atoms with van der Waals surface area (Å²) in [5.41, 5.74) is -0.240. The normalized spacial score (nSPS) is 49.6. The number of carbonyl (C=O) groups excluding carboxylic acids is 1. The minimum atomic E-state index is -0.666. The molecule has 0 saturated heterocycles. The Morgan fingerprint density at radius 2 is 1.68 bits per heavy atom. The molecule has 4 heteroatoms. The van der Waals surface area contributed by atoms with Crippen LogP contribution in [-0.4, -0.2) is 43.9 Å². The maximum atomic E-state index is 13.3. The molecule has 0 unspecified atom stereocenters. The Balaban J connectivity index is 1.39. The van der Waals surface area contributed by atoms with Crippen LogP contribution in [-0.2, 0) is 14.3 Å². The first kappa shape index (κ1) is 22.3. The third-order valence-electron chi connectivity index (χ3n) is 11.2. The van der Waals surface area contributed by atoms with Gasteiger partial charge >= 0.3 is 0 Å². The molecule has 1 N–H and O–H groups in total. The van der Waals surface area contributed by atoms with E-state index in [-0.39, 0.29) is 10.8 Å². The molecule has 0 aromatic carbocycles. The molecule has 5 saturated carbocycles. The van der Waals surface area contributed by atoms with Gasteiger partial charge in [0.15, 0.2) is 0 Å². The van der Waals surface area contributed by atoms with E-state index >= 15 is 0 Å². The monoisotopic (exact) mass is 432 g/mol. The highest BCUT2D eigenvalue weighted by Crippen LogP contribution is 2.68. The number of ether oxygens (including phenoxy) is 2. The molecule has 176 valence electrons. The van der Waals surface area contributed by atoms with Crippen molar-refractivity contribution in [1.29, 1.82) is 0 Å². The lowest BCUT2D eigenvalue weighted by atomic mass is 9.43. The smallest absolute Gasteiger partial charge is 0.139 e. The van der Waals surface area contributed by atoms with Crippen molar-refractivity contribution in [3.8, 4) is 0 Å². The maximum absolute atomic E-state index is 13.3. The molecule has 5 aliphatic rings. The first-order valence-electron chi connectivity index (χ1n) is 13.1. The van der Waals surface area contributed by atoms with E-state index in [4.69, 9.17) is 9.47 Å². The number of rotatable bonds is 6. The van der Waals surface area contributed by atoms with Crippen LogP contribution in [0, 0.1) is 46.3 Å². The highest BCUT2D eigenvalue weighted by Gasteiger charge is 2.63. The Morgan fingerprint density at radius 3 is 2.35 bits per heavy atom. The molecule has 0 spiro atoms. The number of ketones is 1. The molecule has 0 radical (unpaired) electrons. The average molecular weight is 433 g/mol. The van der Waals surface area contributed by atoms with E-state index in [0.29, 0.717) is 42.0 Å². The van der Waals surface area contributed by atoms with Gasteiger partial charge < -0.3 is 14.6 Å². The van der Waals surface area contributed by atoms with Crippen LogP contribution in [0.25, 0.3) is 0 Å². The van der Waals surface area contributed by atoms with E-state index in [2.05, 4.69) is 6.92 Å². The van der Waals surface area contributed by atoms with Gasteiger partial charge in [0, 0.05) is 26.1 Å². The zero-order chi connectivity index (χ0) is 21.9. The Morgan fingerprint density at radius 1 is 0.903 bits per heavy atom. The zero-order valence-electron chi connectivity index (χ0n) is 20.0. The second kappa shape index (κ2) is 8.09. The molecule has 0 amide bonds. The Bertz CT molecular complexity index is 689. The lowest BCUT2D eigenvalue weighted by Crippen LogP contribution is -2.59. The summed E-state index contributed by atoms with van der Waals surface area (Å²) in [7, 11) is 3.57. The predicted molar refractivity (Wildman–Crippen MR) is 121 cm³/mol. The minimum Gasteiger partial charge on any atom is -0.387 e. The SMILES string of the molecule is COC[C@@]1(O)CC[C@@]2(COC)[C@@H](CC[C@H]3[C@@H]4CC[C@H](C(=O)C5CCC5)[C@@]4(C)CC[C@@H]32)C1. The second-order valence-corrected chi connectivity index (χ2v) is 12.4. The van der Waals surface area contributed by atoms with Crippen LogP contribution in [0.5, 0.6) is 0 Å². The van der Waals surface area contributed by atoms with Gasteiger partial charge in [0.25, 0.3) is 0 Å². The molecule has 0 aromatic heterocycles. The van der Waals surface area contributed by atoms with Crippen molar-refractivity contribution in [3.05, 3.63) is 0 Å². The number of methoxy groups -OCH3 is 2. The van der Waals surface area contributed by atoms with Crippen LogP contribution in [0.3, 0.4) is 0 Å². The van der Waals surface area contributed by atoms with E-state index in [1.807, 2.05) is 7.11 Å². The van der Waals surface area contributed by atoms with Crippen LogP contribution in [0.4, 0.5) is 0 Å². The molecular weight excluding hydrogens is 388 g/mol. The van der Waals surface area contributed by atoms with Crippen LogP contribution in [0.15, 0.2) is 0 Å². The Kier molecular flexibility index (Phi) is 5.84. The standard InChI is InChI=1S/C27H44O4/c1-25-12-11-22-20(21(25)9-10-23(25)24(28)18-5-4-6-18)8-7-19-15-26(29,16-30-2)13-14-27(19,22)17-31-3/h18-23,29H,4-17H2,1-3H3/t19-,20-,21-,22-,23+,25-,26+,27+/m0/s1. The van der Waals surface area contributed by atoms with Gasteiger partial charge in [-0.25, -0.2) is 0 Å².